The van der Waals surface area contributed by atoms with Crippen LogP contribution in [0.3, 0.4) is 0 Å². The Labute approximate surface area is 211 Å². The van der Waals surface area contributed by atoms with Crippen LogP contribution in [0.15, 0.2) is 0 Å². The van der Waals surface area contributed by atoms with Gasteiger partial charge in [0.05, 0.1) is 40.3 Å². The van der Waals surface area contributed by atoms with Crippen molar-refractivity contribution in [1.29, 1.82) is 0 Å². The summed E-state index contributed by atoms with van der Waals surface area (Å²) in [4.78, 5) is 0. The summed E-state index contributed by atoms with van der Waals surface area (Å²) < 4.78 is 2.70. The number of unbranched alkanes of at least 4 members (excludes halogenated alkanes) is 18. The Hall–Kier alpha value is -0.0800. The minimum absolute atomic E-state index is 1.35. The third-order valence-electron chi connectivity index (χ3n) is 8.68. The normalized spacial score (nSPS) is 23.6. The minimum Gasteiger partial charge on any atom is -0.321 e. The third kappa shape index (κ3) is 17.1. The summed E-state index contributed by atoms with van der Waals surface area (Å²) in [5, 5.41) is 0. The SMILES string of the molecule is CCCCCCCCCCCC[N+]1(C)CCC[N+](C)(CCCCCCCCCCCC)CC1. The van der Waals surface area contributed by atoms with Crippen LogP contribution in [-0.2, 0) is 0 Å². The first kappa shape index (κ1) is 31.0. The average Bonchev–Trinajstić information content (AvgIpc) is 2.95. The Balaban J connectivity index is 2.05. The molecule has 0 aromatic carbocycles. The van der Waals surface area contributed by atoms with Crippen LogP contribution in [-0.4, -0.2) is 62.3 Å². The molecular weight excluding hydrogens is 400 g/mol. The smallest absolute Gasteiger partial charge is 0.128 e. The van der Waals surface area contributed by atoms with Gasteiger partial charge in [0.25, 0.3) is 0 Å². The molecule has 1 aliphatic rings. The predicted molar refractivity (Wildman–Crippen MR) is 150 cm³/mol. The average molecular weight is 467 g/mol. The van der Waals surface area contributed by atoms with Crippen LogP contribution in [0.25, 0.3) is 0 Å². The maximum absolute atomic E-state index is 2.56. The van der Waals surface area contributed by atoms with Crippen molar-refractivity contribution in [1.82, 2.24) is 0 Å². The summed E-state index contributed by atoms with van der Waals surface area (Å²) in [7, 11) is 5.12. The molecule has 0 aromatic heterocycles. The highest BCUT2D eigenvalue weighted by molar-refractivity contribution is 4.54. The zero-order valence-electron chi connectivity index (χ0n) is 24.0. The zero-order valence-corrected chi connectivity index (χ0v) is 24.0. The van der Waals surface area contributed by atoms with Gasteiger partial charge in [-0.2, -0.15) is 0 Å². The highest BCUT2D eigenvalue weighted by Gasteiger charge is 2.32. The molecule has 1 aliphatic heterocycles. The Morgan fingerprint density at radius 2 is 0.636 bits per heavy atom. The van der Waals surface area contributed by atoms with Crippen molar-refractivity contribution in [2.75, 3.05) is 53.4 Å². The molecule has 2 unspecified atom stereocenters. The Bertz CT molecular complexity index is 385. The fourth-order valence-corrected chi connectivity index (χ4v) is 5.95. The van der Waals surface area contributed by atoms with Gasteiger partial charge in [0.2, 0.25) is 0 Å². The summed E-state index contributed by atoms with van der Waals surface area (Å²) in [6.07, 6.45) is 30.6. The molecule has 1 heterocycles. The maximum atomic E-state index is 2.56. The first-order valence-electron chi connectivity index (χ1n) is 15.7. The molecule has 0 aliphatic carbocycles. The molecule has 2 heteroatoms. The van der Waals surface area contributed by atoms with E-state index in [1.807, 2.05) is 0 Å². The van der Waals surface area contributed by atoms with Crippen LogP contribution in [0.1, 0.15) is 149 Å². The van der Waals surface area contributed by atoms with Gasteiger partial charge in [-0.15, -0.1) is 0 Å². The van der Waals surface area contributed by atoms with Crippen LogP contribution in [0, 0.1) is 0 Å². The Morgan fingerprint density at radius 3 is 0.939 bits per heavy atom. The topological polar surface area (TPSA) is 0 Å². The van der Waals surface area contributed by atoms with Crippen LogP contribution in [0.5, 0.6) is 0 Å². The van der Waals surface area contributed by atoms with Gasteiger partial charge < -0.3 is 8.97 Å². The summed E-state index contributed by atoms with van der Waals surface area (Å²) in [6, 6.07) is 0. The number of likely N-dealkylation sites (N-methyl/N-ethyl adjacent to an activating group) is 2. The number of nitrogens with zero attached hydrogens (tertiary/aromatic N) is 2. The van der Waals surface area contributed by atoms with E-state index < -0.39 is 0 Å². The van der Waals surface area contributed by atoms with Crippen molar-refractivity contribution < 1.29 is 8.97 Å². The maximum Gasteiger partial charge on any atom is 0.128 e. The molecule has 0 spiro atoms. The monoisotopic (exact) mass is 467 g/mol. The van der Waals surface area contributed by atoms with Crippen LogP contribution in [0.4, 0.5) is 0 Å². The predicted octanol–water partition coefficient (Wildman–Crippen LogP) is 9.13. The van der Waals surface area contributed by atoms with Crippen molar-refractivity contribution in [2.45, 2.75) is 149 Å². The number of hydrogen-bond acceptors (Lipinski definition) is 0. The van der Waals surface area contributed by atoms with Crippen LogP contribution < -0.4 is 0 Å². The van der Waals surface area contributed by atoms with Gasteiger partial charge in [0, 0.05) is 6.42 Å². The van der Waals surface area contributed by atoms with Gasteiger partial charge in [-0.3, -0.25) is 0 Å². The fourth-order valence-electron chi connectivity index (χ4n) is 5.95. The quantitative estimate of drug-likeness (QED) is 0.110. The van der Waals surface area contributed by atoms with E-state index in [4.69, 9.17) is 0 Å². The van der Waals surface area contributed by atoms with Crippen molar-refractivity contribution in [3.05, 3.63) is 0 Å². The molecule has 1 rings (SSSR count). The highest BCUT2D eigenvalue weighted by atomic mass is 15.4. The second kappa shape index (κ2) is 20.1. The largest absolute Gasteiger partial charge is 0.321 e. The van der Waals surface area contributed by atoms with Crippen LogP contribution >= 0.6 is 0 Å². The Kier molecular flexibility index (Phi) is 18.9. The molecule has 0 bridgehead atoms. The van der Waals surface area contributed by atoms with E-state index in [0.717, 1.165) is 0 Å². The van der Waals surface area contributed by atoms with Gasteiger partial charge >= 0.3 is 0 Å². The number of hydrogen-bond donors (Lipinski definition) is 0. The molecule has 2 atom stereocenters. The van der Waals surface area contributed by atoms with Crippen molar-refractivity contribution in [3.8, 4) is 0 Å². The Morgan fingerprint density at radius 1 is 0.364 bits per heavy atom. The van der Waals surface area contributed by atoms with Crippen molar-refractivity contribution in [3.63, 3.8) is 0 Å². The van der Waals surface area contributed by atoms with Gasteiger partial charge in [-0.05, 0) is 25.7 Å². The fraction of sp³-hybridized carbons (Fsp3) is 1.00. The molecule has 198 valence electrons. The summed E-state index contributed by atoms with van der Waals surface area (Å²) in [5.41, 5.74) is 0. The minimum atomic E-state index is 1.35. The third-order valence-corrected chi connectivity index (χ3v) is 8.68. The second-order valence-corrected chi connectivity index (χ2v) is 12.3. The van der Waals surface area contributed by atoms with E-state index in [1.165, 1.54) is 183 Å². The van der Waals surface area contributed by atoms with E-state index in [-0.39, 0.29) is 0 Å². The van der Waals surface area contributed by atoms with E-state index in [2.05, 4.69) is 27.9 Å². The first-order chi connectivity index (χ1) is 16.0. The molecule has 0 aromatic rings. The molecule has 1 saturated heterocycles. The lowest BCUT2D eigenvalue weighted by molar-refractivity contribution is -0.946. The van der Waals surface area contributed by atoms with Gasteiger partial charge in [0.15, 0.2) is 0 Å². The lowest BCUT2D eigenvalue weighted by Gasteiger charge is -2.35. The molecule has 0 amide bonds. The van der Waals surface area contributed by atoms with E-state index >= 15 is 0 Å². The number of quaternary nitrogens is 2. The molecule has 33 heavy (non-hydrogen) atoms. The summed E-state index contributed by atoms with van der Waals surface area (Å²) in [6.45, 7) is 13.1. The molecule has 0 N–H and O–H groups in total. The van der Waals surface area contributed by atoms with E-state index in [9.17, 15) is 0 Å². The van der Waals surface area contributed by atoms with Gasteiger partial charge in [0.1, 0.15) is 13.1 Å². The van der Waals surface area contributed by atoms with Gasteiger partial charge in [-0.1, -0.05) is 117 Å². The standard InChI is InChI=1S/C31H66N2/c1-5-7-9-11-13-15-17-19-21-23-26-32(3)28-25-29-33(4,31-30-32)27-24-22-20-18-16-14-12-10-8-6-2/h5-31H2,1-4H3/q+2. The number of rotatable bonds is 22. The first-order valence-corrected chi connectivity index (χ1v) is 15.7. The van der Waals surface area contributed by atoms with Crippen molar-refractivity contribution in [2.24, 2.45) is 0 Å². The van der Waals surface area contributed by atoms with Crippen LogP contribution in [0.2, 0.25) is 0 Å². The van der Waals surface area contributed by atoms with E-state index in [1.54, 1.807) is 0 Å². The molecule has 0 saturated carbocycles. The van der Waals surface area contributed by atoms with E-state index in [0.29, 0.717) is 0 Å². The van der Waals surface area contributed by atoms with Crippen molar-refractivity contribution >= 4 is 0 Å². The molecule has 2 nitrogen and oxygen atoms in total. The second-order valence-electron chi connectivity index (χ2n) is 12.3. The van der Waals surface area contributed by atoms with Gasteiger partial charge in [-0.25, -0.2) is 0 Å². The summed E-state index contributed by atoms with van der Waals surface area (Å²) >= 11 is 0. The lowest BCUT2D eigenvalue weighted by Crippen LogP contribution is -2.51. The highest BCUT2D eigenvalue weighted by Crippen LogP contribution is 2.19. The molecule has 0 radical (unpaired) electrons. The lowest BCUT2D eigenvalue weighted by atomic mass is 10.1. The molecular formula is C31H66N2+2. The summed E-state index contributed by atoms with van der Waals surface area (Å²) in [5.74, 6) is 0. The molecule has 1 fully saturated rings. The zero-order chi connectivity index (χ0) is 24.1.